The number of carbonyl (C=O) groups is 1. The molecule has 32 heavy (non-hydrogen) atoms. The average molecular weight is 445 g/mol. The molecular weight excluding hydrogens is 416 g/mol. The molecule has 0 atom stereocenters. The third kappa shape index (κ3) is 3.87. The predicted molar refractivity (Wildman–Crippen MR) is 133 cm³/mol. The van der Waals surface area contributed by atoms with E-state index < -0.39 is 10.3 Å². The maximum atomic E-state index is 12.4. The van der Waals surface area contributed by atoms with Crippen molar-refractivity contribution in [2.75, 3.05) is 7.11 Å². The van der Waals surface area contributed by atoms with Gasteiger partial charge in [0.05, 0.1) is 12.7 Å². The highest BCUT2D eigenvalue weighted by molar-refractivity contribution is 8.31. The van der Waals surface area contributed by atoms with E-state index in [1.165, 1.54) is 7.11 Å². The van der Waals surface area contributed by atoms with E-state index in [0.717, 1.165) is 20.6 Å². The smallest absolute Gasteiger partial charge is 0.338 e. The lowest BCUT2D eigenvalue weighted by atomic mass is 10.1. The number of carbonyl (C=O) groups excluding carboxylic acids is 1. The van der Waals surface area contributed by atoms with Gasteiger partial charge >= 0.3 is 5.97 Å². The summed E-state index contributed by atoms with van der Waals surface area (Å²) in [5, 5.41) is 1.90. The van der Waals surface area contributed by atoms with Gasteiger partial charge in [0.2, 0.25) is 0 Å². The fourth-order valence-electron chi connectivity index (χ4n) is 4.00. The summed E-state index contributed by atoms with van der Waals surface area (Å²) in [5.41, 5.74) is 0.476. The van der Waals surface area contributed by atoms with Gasteiger partial charge in [-0.3, -0.25) is 0 Å². The molecule has 0 aliphatic carbocycles. The van der Waals surface area contributed by atoms with Crippen molar-refractivity contribution in [3.05, 3.63) is 103 Å². The normalized spacial score (nSPS) is 12.4. The number of hydrogen-bond donors (Lipinski definition) is 0. The van der Waals surface area contributed by atoms with Gasteiger partial charge in [-0.15, -0.1) is 0 Å². The first-order chi connectivity index (χ1) is 15.4. The summed E-state index contributed by atoms with van der Waals surface area (Å²) >= 11 is 0. The SMILES string of the molecule is COC(=O)c1cc(OS(c2ccccc2)(c2ccccc2)C(C)(C)C)c2ccccc2c1. The van der Waals surface area contributed by atoms with E-state index in [4.69, 9.17) is 8.92 Å². The quantitative estimate of drug-likeness (QED) is 0.297. The Balaban J connectivity index is 2.03. The minimum atomic E-state index is -2.02. The number of esters is 1. The van der Waals surface area contributed by atoms with Gasteiger partial charge in [0.25, 0.3) is 0 Å². The van der Waals surface area contributed by atoms with Crippen LogP contribution >= 0.6 is 10.3 Å². The summed E-state index contributed by atoms with van der Waals surface area (Å²) in [7, 11) is -0.616. The number of fused-ring (bicyclic) bond motifs is 1. The lowest BCUT2D eigenvalue weighted by Gasteiger charge is -2.50. The van der Waals surface area contributed by atoms with Crippen LogP contribution in [0.5, 0.6) is 5.75 Å². The molecule has 0 aromatic heterocycles. The third-order valence-corrected chi connectivity index (χ3v) is 9.50. The van der Waals surface area contributed by atoms with Crippen LogP contribution in [0, 0.1) is 0 Å². The summed E-state index contributed by atoms with van der Waals surface area (Å²) in [6, 6.07) is 32.5. The van der Waals surface area contributed by atoms with Crippen LogP contribution in [-0.2, 0) is 4.74 Å². The van der Waals surface area contributed by atoms with Crippen molar-refractivity contribution in [2.24, 2.45) is 0 Å². The Hall–Kier alpha value is -3.24. The minimum absolute atomic E-state index is 0.238. The lowest BCUT2D eigenvalue weighted by Crippen LogP contribution is -2.30. The molecule has 0 saturated heterocycles. The highest BCUT2D eigenvalue weighted by atomic mass is 32.3. The summed E-state index contributed by atoms with van der Waals surface area (Å²) < 4.78 is 11.9. The Kier molecular flexibility index (Phi) is 5.98. The van der Waals surface area contributed by atoms with Gasteiger partial charge in [-0.25, -0.2) is 4.79 Å². The van der Waals surface area contributed by atoms with Crippen molar-refractivity contribution in [3.8, 4) is 5.75 Å². The second-order valence-electron chi connectivity index (χ2n) is 8.57. The molecule has 4 aromatic carbocycles. The molecule has 164 valence electrons. The van der Waals surface area contributed by atoms with Crippen LogP contribution in [0.25, 0.3) is 10.8 Å². The van der Waals surface area contributed by atoms with Crippen molar-refractivity contribution in [1.29, 1.82) is 0 Å². The van der Waals surface area contributed by atoms with Crippen molar-refractivity contribution in [3.63, 3.8) is 0 Å². The first-order valence-corrected chi connectivity index (χ1v) is 12.2. The molecule has 0 heterocycles. The van der Waals surface area contributed by atoms with Gasteiger partial charge in [0, 0.05) is 19.9 Å². The monoisotopic (exact) mass is 444 g/mol. The molecule has 0 spiro atoms. The number of benzene rings is 4. The number of rotatable bonds is 5. The predicted octanol–water partition coefficient (Wildman–Crippen LogP) is 7.64. The zero-order valence-electron chi connectivity index (χ0n) is 18.9. The van der Waals surface area contributed by atoms with E-state index >= 15 is 0 Å². The Morgan fingerprint density at radius 1 is 0.750 bits per heavy atom. The van der Waals surface area contributed by atoms with Crippen molar-refractivity contribution in [1.82, 2.24) is 0 Å². The Morgan fingerprint density at radius 3 is 1.81 bits per heavy atom. The van der Waals surface area contributed by atoms with Gasteiger partial charge in [0.15, 0.2) is 0 Å². The molecule has 0 N–H and O–H groups in total. The summed E-state index contributed by atoms with van der Waals surface area (Å²) in [6.07, 6.45) is 0. The van der Waals surface area contributed by atoms with Gasteiger partial charge in [0.1, 0.15) is 5.75 Å². The topological polar surface area (TPSA) is 35.5 Å². The van der Waals surface area contributed by atoms with Crippen LogP contribution in [0.2, 0.25) is 0 Å². The second kappa shape index (κ2) is 8.71. The van der Waals surface area contributed by atoms with Crippen molar-refractivity contribution < 1.29 is 13.7 Å². The number of ether oxygens (including phenoxy) is 1. The third-order valence-electron chi connectivity index (χ3n) is 5.47. The van der Waals surface area contributed by atoms with Crippen LogP contribution in [0.4, 0.5) is 0 Å². The Morgan fingerprint density at radius 2 is 1.28 bits per heavy atom. The molecule has 0 aliphatic rings. The van der Waals surface area contributed by atoms with E-state index in [2.05, 4.69) is 69.3 Å². The average Bonchev–Trinajstić information content (AvgIpc) is 2.82. The molecular formula is C28H28O3S. The highest BCUT2D eigenvalue weighted by Crippen LogP contribution is 2.70. The molecule has 0 radical (unpaired) electrons. The largest absolute Gasteiger partial charge is 0.465 e. The van der Waals surface area contributed by atoms with E-state index in [9.17, 15) is 4.79 Å². The molecule has 4 aromatic rings. The maximum Gasteiger partial charge on any atom is 0.338 e. The van der Waals surface area contributed by atoms with Gasteiger partial charge in [-0.05, 0) is 72.9 Å². The molecule has 0 saturated carbocycles. The molecule has 0 fully saturated rings. The zero-order valence-corrected chi connectivity index (χ0v) is 19.7. The van der Waals surface area contributed by atoms with E-state index in [0.29, 0.717) is 11.3 Å². The molecule has 3 nitrogen and oxygen atoms in total. The highest BCUT2D eigenvalue weighted by Gasteiger charge is 2.43. The summed E-state index contributed by atoms with van der Waals surface area (Å²) in [5.74, 6) is 0.303. The fourth-order valence-corrected chi connectivity index (χ4v) is 7.62. The molecule has 0 unspecified atom stereocenters. The van der Waals surface area contributed by atoms with Crippen molar-refractivity contribution in [2.45, 2.75) is 35.3 Å². The van der Waals surface area contributed by atoms with E-state index in [1.807, 2.05) is 48.5 Å². The Bertz CT molecular complexity index is 1190. The lowest BCUT2D eigenvalue weighted by molar-refractivity contribution is 0.0600. The zero-order chi connectivity index (χ0) is 22.8. The van der Waals surface area contributed by atoms with Crippen LogP contribution in [-0.4, -0.2) is 17.8 Å². The molecule has 0 amide bonds. The van der Waals surface area contributed by atoms with Crippen LogP contribution in [0.1, 0.15) is 31.1 Å². The number of hydrogen-bond acceptors (Lipinski definition) is 3. The second-order valence-corrected chi connectivity index (χ2v) is 12.0. The maximum absolute atomic E-state index is 12.4. The van der Waals surface area contributed by atoms with Gasteiger partial charge < -0.3 is 8.92 Å². The van der Waals surface area contributed by atoms with Gasteiger partial charge in [-0.2, -0.15) is 0 Å². The van der Waals surface area contributed by atoms with E-state index in [1.54, 1.807) is 0 Å². The van der Waals surface area contributed by atoms with Crippen LogP contribution < -0.4 is 4.18 Å². The van der Waals surface area contributed by atoms with Crippen molar-refractivity contribution >= 4 is 27.1 Å². The molecule has 0 bridgehead atoms. The standard InChI is InChI=1S/C28H28O3S/c1-28(2,3)32(23-14-7-5-8-15-23,24-16-9-6-10-17-24)31-26-20-22(27(29)30-4)19-21-13-11-12-18-25(21)26/h5-20H,1-4H3. The fraction of sp³-hybridized carbons (Fsp3) is 0.179. The van der Waals surface area contributed by atoms with E-state index in [-0.39, 0.29) is 10.7 Å². The van der Waals surface area contributed by atoms with Crippen LogP contribution in [0.3, 0.4) is 0 Å². The summed E-state index contributed by atoms with van der Waals surface area (Å²) in [4.78, 5) is 14.7. The minimum Gasteiger partial charge on any atom is -0.465 e. The molecule has 0 aliphatic heterocycles. The first-order valence-electron chi connectivity index (χ1n) is 10.6. The Labute approximate surface area is 191 Å². The number of methoxy groups -OCH3 is 1. The molecule has 4 heteroatoms. The van der Waals surface area contributed by atoms with Crippen LogP contribution in [0.15, 0.2) is 107 Å². The summed E-state index contributed by atoms with van der Waals surface area (Å²) in [6.45, 7) is 6.65. The molecule has 4 rings (SSSR count). The first kappa shape index (κ1) is 22.0. The van der Waals surface area contributed by atoms with Gasteiger partial charge in [-0.1, -0.05) is 60.7 Å².